The lowest BCUT2D eigenvalue weighted by atomic mass is 10.0. The van der Waals surface area contributed by atoms with Gasteiger partial charge in [-0.25, -0.2) is 4.39 Å². The Balaban J connectivity index is 2.11. The van der Waals surface area contributed by atoms with E-state index in [1.807, 2.05) is 24.3 Å². The number of hydrogen-bond donors (Lipinski definition) is 0. The highest BCUT2D eigenvalue weighted by Crippen LogP contribution is 2.27. The van der Waals surface area contributed by atoms with E-state index in [4.69, 9.17) is 0 Å². The first-order valence-electron chi connectivity index (χ1n) is 5.29. The van der Waals surface area contributed by atoms with Gasteiger partial charge in [0.1, 0.15) is 5.82 Å². The fourth-order valence-electron chi connectivity index (χ4n) is 1.66. The monoisotopic (exact) mass is 356 g/mol. The van der Waals surface area contributed by atoms with Gasteiger partial charge in [0.25, 0.3) is 0 Å². The lowest BCUT2D eigenvalue weighted by Gasteiger charge is -2.10. The molecule has 0 aliphatic carbocycles. The van der Waals surface area contributed by atoms with Crippen LogP contribution in [-0.2, 0) is 6.42 Å². The van der Waals surface area contributed by atoms with Crippen LogP contribution in [0.1, 0.15) is 16.0 Å². The normalized spacial score (nSPS) is 12.4. The lowest BCUT2D eigenvalue weighted by molar-refractivity contribution is 0.627. The zero-order chi connectivity index (χ0) is 12.3. The Kier molecular flexibility index (Phi) is 4.35. The van der Waals surface area contributed by atoms with Gasteiger partial charge >= 0.3 is 0 Å². The van der Waals surface area contributed by atoms with Crippen molar-refractivity contribution in [2.24, 2.45) is 0 Å². The molecular weight excluding hydrogens is 347 g/mol. The van der Waals surface area contributed by atoms with E-state index in [9.17, 15) is 4.39 Å². The molecule has 3 heteroatoms. The molecule has 0 aliphatic rings. The first-order valence-corrected chi connectivity index (χ1v) is 7.00. The Hall–Kier alpha value is -0.670. The van der Waals surface area contributed by atoms with Crippen molar-refractivity contribution >= 4 is 31.9 Å². The standard InChI is InChI=1S/C14H11Br2F/c15-12-3-1-2-10(8-12)9-14(16)11-4-6-13(17)7-5-11/h1-8,14H,9H2. The topological polar surface area (TPSA) is 0 Å². The summed E-state index contributed by atoms with van der Waals surface area (Å²) in [6.45, 7) is 0. The van der Waals surface area contributed by atoms with Crippen LogP contribution in [0, 0.1) is 5.82 Å². The second-order valence-corrected chi connectivity index (χ2v) is 5.87. The van der Waals surface area contributed by atoms with Gasteiger partial charge in [-0.3, -0.25) is 0 Å². The maximum atomic E-state index is 12.8. The number of benzene rings is 2. The zero-order valence-electron chi connectivity index (χ0n) is 9.04. The molecule has 0 heterocycles. The van der Waals surface area contributed by atoms with Gasteiger partial charge in [0.2, 0.25) is 0 Å². The lowest BCUT2D eigenvalue weighted by Crippen LogP contribution is -1.95. The Labute approximate surface area is 117 Å². The predicted molar refractivity (Wildman–Crippen MR) is 75.9 cm³/mol. The van der Waals surface area contributed by atoms with Crippen molar-refractivity contribution in [2.75, 3.05) is 0 Å². The molecule has 0 aliphatic heterocycles. The summed E-state index contributed by atoms with van der Waals surface area (Å²) in [4.78, 5) is 0.206. The van der Waals surface area contributed by atoms with Crippen molar-refractivity contribution in [1.29, 1.82) is 0 Å². The van der Waals surface area contributed by atoms with E-state index in [2.05, 4.69) is 44.0 Å². The van der Waals surface area contributed by atoms with Crippen LogP contribution in [0.2, 0.25) is 0 Å². The second-order valence-electron chi connectivity index (χ2n) is 3.85. The van der Waals surface area contributed by atoms with Crippen LogP contribution >= 0.6 is 31.9 Å². The summed E-state index contributed by atoms with van der Waals surface area (Å²) in [5, 5.41) is 0. The average molecular weight is 358 g/mol. The van der Waals surface area contributed by atoms with Crippen molar-refractivity contribution in [3.05, 3.63) is 69.9 Å². The fraction of sp³-hybridized carbons (Fsp3) is 0.143. The molecule has 0 radical (unpaired) electrons. The SMILES string of the molecule is Fc1ccc(C(Br)Cc2cccc(Br)c2)cc1. The minimum absolute atomic E-state index is 0.198. The molecule has 2 aromatic carbocycles. The van der Waals surface area contributed by atoms with Crippen LogP contribution in [0.3, 0.4) is 0 Å². The Bertz CT molecular complexity index is 494. The molecule has 1 atom stereocenters. The molecular formula is C14H11Br2F. The van der Waals surface area contributed by atoms with Crippen LogP contribution in [-0.4, -0.2) is 0 Å². The molecule has 2 rings (SSSR count). The molecule has 17 heavy (non-hydrogen) atoms. The number of halogens is 3. The first kappa shape index (κ1) is 12.8. The largest absolute Gasteiger partial charge is 0.207 e. The van der Waals surface area contributed by atoms with Gasteiger partial charge in [0.05, 0.1) is 0 Å². The molecule has 0 fully saturated rings. The third-order valence-electron chi connectivity index (χ3n) is 2.54. The molecule has 0 bridgehead atoms. The average Bonchev–Trinajstić information content (AvgIpc) is 2.29. The summed E-state index contributed by atoms with van der Waals surface area (Å²) in [6, 6.07) is 14.8. The highest BCUT2D eigenvalue weighted by atomic mass is 79.9. The first-order chi connectivity index (χ1) is 8.15. The summed E-state index contributed by atoms with van der Waals surface area (Å²) >= 11 is 7.09. The van der Waals surface area contributed by atoms with E-state index in [1.165, 1.54) is 17.7 Å². The third kappa shape index (κ3) is 3.65. The minimum atomic E-state index is -0.198. The van der Waals surface area contributed by atoms with Gasteiger partial charge in [-0.2, -0.15) is 0 Å². The molecule has 0 amide bonds. The minimum Gasteiger partial charge on any atom is -0.207 e. The number of rotatable bonds is 3. The van der Waals surface area contributed by atoms with Gasteiger partial charge in [-0.15, -0.1) is 0 Å². The number of alkyl halides is 1. The van der Waals surface area contributed by atoms with Gasteiger partial charge in [0.15, 0.2) is 0 Å². The Morgan fingerprint density at radius 2 is 1.76 bits per heavy atom. The zero-order valence-corrected chi connectivity index (χ0v) is 12.2. The van der Waals surface area contributed by atoms with E-state index in [0.717, 1.165) is 16.5 Å². The maximum Gasteiger partial charge on any atom is 0.123 e. The van der Waals surface area contributed by atoms with E-state index < -0.39 is 0 Å². The van der Waals surface area contributed by atoms with Crippen LogP contribution in [0.15, 0.2) is 53.0 Å². The third-order valence-corrected chi connectivity index (χ3v) is 3.88. The molecule has 0 spiro atoms. The van der Waals surface area contributed by atoms with Crippen molar-refractivity contribution < 1.29 is 4.39 Å². The summed E-state index contributed by atoms with van der Waals surface area (Å²) in [7, 11) is 0. The van der Waals surface area contributed by atoms with Gasteiger partial charge in [-0.1, -0.05) is 56.1 Å². The summed E-state index contributed by atoms with van der Waals surface area (Å²) in [6.07, 6.45) is 0.880. The predicted octanol–water partition coefficient (Wildman–Crippen LogP) is 5.27. The number of hydrogen-bond acceptors (Lipinski definition) is 0. The molecule has 88 valence electrons. The Morgan fingerprint density at radius 1 is 1.06 bits per heavy atom. The molecule has 0 saturated heterocycles. The second kappa shape index (κ2) is 5.78. The van der Waals surface area contributed by atoms with Gasteiger partial charge < -0.3 is 0 Å². The van der Waals surface area contributed by atoms with E-state index in [1.54, 1.807) is 0 Å². The van der Waals surface area contributed by atoms with Crippen LogP contribution in [0.4, 0.5) is 4.39 Å². The summed E-state index contributed by atoms with van der Waals surface area (Å²) in [5.41, 5.74) is 2.33. The molecule has 0 saturated carbocycles. The summed E-state index contributed by atoms with van der Waals surface area (Å²) in [5.74, 6) is -0.198. The Morgan fingerprint density at radius 3 is 2.41 bits per heavy atom. The van der Waals surface area contributed by atoms with Gasteiger partial charge in [-0.05, 0) is 41.8 Å². The highest BCUT2D eigenvalue weighted by molar-refractivity contribution is 9.10. The molecule has 1 unspecified atom stereocenters. The smallest absolute Gasteiger partial charge is 0.123 e. The van der Waals surface area contributed by atoms with E-state index in [0.29, 0.717) is 0 Å². The molecule has 0 aromatic heterocycles. The van der Waals surface area contributed by atoms with Crippen LogP contribution in [0.5, 0.6) is 0 Å². The van der Waals surface area contributed by atoms with Crippen molar-refractivity contribution in [1.82, 2.24) is 0 Å². The molecule has 2 aromatic rings. The maximum absolute atomic E-state index is 12.8. The van der Waals surface area contributed by atoms with Crippen LogP contribution in [0.25, 0.3) is 0 Å². The van der Waals surface area contributed by atoms with E-state index >= 15 is 0 Å². The summed E-state index contributed by atoms with van der Waals surface area (Å²) < 4.78 is 13.9. The van der Waals surface area contributed by atoms with Gasteiger partial charge in [0, 0.05) is 9.30 Å². The fourth-order valence-corrected chi connectivity index (χ4v) is 2.79. The highest BCUT2D eigenvalue weighted by Gasteiger charge is 2.08. The van der Waals surface area contributed by atoms with Crippen molar-refractivity contribution in [3.8, 4) is 0 Å². The van der Waals surface area contributed by atoms with Crippen molar-refractivity contribution in [3.63, 3.8) is 0 Å². The molecule has 0 nitrogen and oxygen atoms in total. The van der Waals surface area contributed by atoms with E-state index in [-0.39, 0.29) is 10.6 Å². The van der Waals surface area contributed by atoms with Crippen LogP contribution < -0.4 is 0 Å². The van der Waals surface area contributed by atoms with Crippen molar-refractivity contribution in [2.45, 2.75) is 11.2 Å². The molecule has 0 N–H and O–H groups in total. The quantitative estimate of drug-likeness (QED) is 0.656.